The molecule has 0 aromatic carbocycles. The Morgan fingerprint density at radius 1 is 0.857 bits per heavy atom. The molecule has 16 heteroatoms. The number of hydroxylamine groups is 4. The van der Waals surface area contributed by atoms with Crippen LogP contribution in [0, 0.1) is 5.92 Å². The first-order chi connectivity index (χ1) is 23.1. The fourth-order valence-corrected chi connectivity index (χ4v) is 7.74. The number of nitrogens with zero attached hydrogens (tertiary/aromatic N) is 4. The smallest absolute Gasteiger partial charge is 0.437 e. The topological polar surface area (TPSA) is 167 Å². The molecule has 5 amide bonds. The zero-order valence-electron chi connectivity index (χ0n) is 30.6. The van der Waals surface area contributed by atoms with Crippen molar-refractivity contribution in [1.82, 2.24) is 30.8 Å². The van der Waals surface area contributed by atoms with Gasteiger partial charge >= 0.3 is 22.5 Å². The molecule has 0 radical (unpaired) electrons. The van der Waals surface area contributed by atoms with E-state index in [0.29, 0.717) is 25.9 Å². The maximum Gasteiger partial charge on any atom is 0.437 e. The van der Waals surface area contributed by atoms with E-state index in [2.05, 4.69) is 31.6 Å². The van der Waals surface area contributed by atoms with Gasteiger partial charge in [-0.2, -0.15) is 22.8 Å². The van der Waals surface area contributed by atoms with Gasteiger partial charge in [-0.15, -0.1) is 4.28 Å². The minimum Gasteiger partial charge on any atom is -0.444 e. The number of unbranched alkanes of at least 4 members (excludes halogenated alkanes) is 3. The second kappa shape index (κ2) is 18.0. The van der Waals surface area contributed by atoms with Gasteiger partial charge in [0.1, 0.15) is 11.6 Å². The summed E-state index contributed by atoms with van der Waals surface area (Å²) in [5, 5.41) is 2.41. The first-order valence-electron chi connectivity index (χ1n) is 18.2. The highest BCUT2D eigenvalue weighted by Crippen LogP contribution is 2.36. The molecule has 2 bridgehead atoms. The normalized spacial score (nSPS) is 21.4. The summed E-state index contributed by atoms with van der Waals surface area (Å²) in [6, 6.07) is -2.29. The molecule has 3 rings (SSSR count). The minimum atomic E-state index is -4.70. The molecule has 0 aliphatic carbocycles. The van der Waals surface area contributed by atoms with Gasteiger partial charge in [0.2, 0.25) is 5.91 Å². The lowest BCUT2D eigenvalue weighted by atomic mass is 9.82. The summed E-state index contributed by atoms with van der Waals surface area (Å²) < 4.78 is 43.5. The zero-order chi connectivity index (χ0) is 36.4. The third kappa shape index (κ3) is 11.1. The maximum absolute atomic E-state index is 13.5. The maximum atomic E-state index is 13.5. The van der Waals surface area contributed by atoms with Crippen LogP contribution in [0.3, 0.4) is 0 Å². The number of urea groups is 1. The Hall–Kier alpha value is -2.69. The number of piperidine rings is 1. The number of amides is 5. The molecule has 3 fully saturated rings. The largest absolute Gasteiger partial charge is 0.444 e. The van der Waals surface area contributed by atoms with Gasteiger partial charge in [-0.3, -0.25) is 20.4 Å². The molecule has 3 atom stereocenters. The molecule has 0 unspecified atom stereocenters. The molecule has 3 aliphatic rings. The van der Waals surface area contributed by atoms with Gasteiger partial charge in [0.15, 0.2) is 0 Å². The van der Waals surface area contributed by atoms with Crippen LogP contribution in [-0.4, -0.2) is 102 Å². The van der Waals surface area contributed by atoms with Crippen molar-refractivity contribution in [3.05, 3.63) is 0 Å². The monoisotopic (exact) mass is 716 g/mol. The molecule has 49 heavy (non-hydrogen) atoms. The van der Waals surface area contributed by atoms with E-state index in [4.69, 9.17) is 13.3 Å². The number of carbonyl (C=O) groups excluding carboxylic acids is 4. The molecule has 3 heterocycles. The molecular formula is C33H60N6O9S. The quantitative estimate of drug-likeness (QED) is 0.188. The van der Waals surface area contributed by atoms with Crippen LogP contribution >= 0.6 is 0 Å². The fourth-order valence-electron chi connectivity index (χ4n) is 6.88. The second-order valence-electron chi connectivity index (χ2n) is 14.6. The van der Waals surface area contributed by atoms with Gasteiger partial charge < -0.3 is 14.5 Å². The Bertz CT molecular complexity index is 1240. The highest BCUT2D eigenvalue weighted by molar-refractivity contribution is 7.81. The van der Waals surface area contributed by atoms with Crippen LogP contribution < -0.4 is 10.9 Å². The number of hydrazine groups is 1. The molecular weight excluding hydrogens is 656 g/mol. The summed E-state index contributed by atoms with van der Waals surface area (Å²) in [6.45, 7) is 14.6. The van der Waals surface area contributed by atoms with E-state index < -0.39 is 63.5 Å². The van der Waals surface area contributed by atoms with Crippen molar-refractivity contribution in [2.45, 2.75) is 155 Å². The summed E-state index contributed by atoms with van der Waals surface area (Å²) >= 11 is 0. The summed E-state index contributed by atoms with van der Waals surface area (Å²) in [6.07, 6.45) is 9.01. The predicted molar refractivity (Wildman–Crippen MR) is 182 cm³/mol. The summed E-state index contributed by atoms with van der Waals surface area (Å²) in [5.74, 6) is -1.60. The van der Waals surface area contributed by atoms with Gasteiger partial charge in [-0.1, -0.05) is 66.2 Å². The van der Waals surface area contributed by atoms with Crippen LogP contribution in [0.5, 0.6) is 0 Å². The van der Waals surface area contributed by atoms with Crippen molar-refractivity contribution in [1.29, 1.82) is 0 Å². The lowest BCUT2D eigenvalue weighted by Crippen LogP contribution is -2.55. The van der Waals surface area contributed by atoms with E-state index in [9.17, 15) is 27.6 Å². The minimum absolute atomic E-state index is 0.0835. The van der Waals surface area contributed by atoms with Gasteiger partial charge in [0, 0.05) is 31.7 Å². The lowest BCUT2D eigenvalue weighted by molar-refractivity contribution is -0.172. The number of fused-ring (bicyclic) bond motifs is 2. The van der Waals surface area contributed by atoms with Gasteiger partial charge in [-0.25, -0.2) is 9.59 Å². The van der Waals surface area contributed by atoms with Crippen LogP contribution in [0.1, 0.15) is 132 Å². The average Bonchev–Trinajstić information content (AvgIpc) is 3.63. The Morgan fingerprint density at radius 2 is 1.49 bits per heavy atom. The van der Waals surface area contributed by atoms with Crippen molar-refractivity contribution in [3.8, 4) is 0 Å². The standard InChI is InChI=1S/C33H60N6O9S/c1-8-12-19-33(18-11-4,20-13-9-2)38(21-14-10-3)47-49(44,45)48-39-26-15-16-27(37(24-26)30(39)42)29(41)35-34-28(40)25-17-22-36(23-25)31(43)46-32(5,6)7/h25-27H,8-24H2,1-7H3,(H,34,40)(H,35,41)/t25-,26+,27+/m1/s1. The number of hydrogen-bond donors (Lipinski definition) is 2. The summed E-state index contributed by atoms with van der Waals surface area (Å²) in [7, 11) is -4.70. The Morgan fingerprint density at radius 3 is 2.08 bits per heavy atom. The van der Waals surface area contributed by atoms with Crippen molar-refractivity contribution in [2.24, 2.45) is 5.92 Å². The third-order valence-electron chi connectivity index (χ3n) is 9.45. The number of rotatable bonds is 18. The number of carbonyl (C=O) groups is 4. The Balaban J connectivity index is 1.62. The van der Waals surface area contributed by atoms with E-state index in [1.807, 2.05) is 6.92 Å². The second-order valence-corrected chi connectivity index (χ2v) is 15.7. The highest BCUT2D eigenvalue weighted by atomic mass is 32.3. The average molecular weight is 717 g/mol. The molecule has 3 saturated heterocycles. The number of ether oxygens (including phenoxy) is 1. The predicted octanol–water partition coefficient (Wildman–Crippen LogP) is 4.79. The Kier molecular flexibility index (Phi) is 15.0. The van der Waals surface area contributed by atoms with E-state index in [0.717, 1.165) is 69.3 Å². The zero-order valence-corrected chi connectivity index (χ0v) is 31.4. The molecule has 0 aromatic heterocycles. The summed E-state index contributed by atoms with van der Waals surface area (Å²) in [5.41, 5.74) is 3.69. The van der Waals surface area contributed by atoms with Crippen molar-refractivity contribution < 1.29 is 40.9 Å². The van der Waals surface area contributed by atoms with Crippen molar-refractivity contribution in [3.63, 3.8) is 0 Å². The molecule has 3 aliphatic heterocycles. The van der Waals surface area contributed by atoms with E-state index in [1.165, 1.54) is 9.80 Å². The molecule has 0 spiro atoms. The Labute approximate surface area is 292 Å². The molecule has 282 valence electrons. The highest BCUT2D eigenvalue weighted by Gasteiger charge is 2.50. The molecule has 15 nitrogen and oxygen atoms in total. The van der Waals surface area contributed by atoms with Crippen LogP contribution in [0.4, 0.5) is 9.59 Å². The SMILES string of the molecule is CCCCN(OS(=O)(=O)ON1C(=O)N2C[C@@H]1CC[C@H]2C(=O)NNC(=O)[C@@H]1CCN(C(=O)OC(C)(C)C)C1)C(CCC)(CCCC)CCCC. The first-order valence-corrected chi connectivity index (χ1v) is 19.5. The lowest BCUT2D eigenvalue weighted by Gasteiger charge is -2.43. The van der Waals surface area contributed by atoms with Gasteiger partial charge in [0.25, 0.3) is 5.91 Å². The van der Waals surface area contributed by atoms with Crippen LogP contribution in [0.15, 0.2) is 0 Å². The third-order valence-corrected chi connectivity index (χ3v) is 10.2. The van der Waals surface area contributed by atoms with E-state index in [-0.39, 0.29) is 19.5 Å². The van der Waals surface area contributed by atoms with Crippen molar-refractivity contribution >= 4 is 34.3 Å². The molecule has 0 aromatic rings. The van der Waals surface area contributed by atoms with E-state index >= 15 is 0 Å². The van der Waals surface area contributed by atoms with Crippen molar-refractivity contribution in [2.75, 3.05) is 26.2 Å². The van der Waals surface area contributed by atoms with Gasteiger partial charge in [0.05, 0.1) is 12.0 Å². The first kappa shape index (κ1) is 40.7. The number of nitrogens with one attached hydrogen (secondary N) is 2. The summed E-state index contributed by atoms with van der Waals surface area (Å²) in [4.78, 5) is 54.5. The van der Waals surface area contributed by atoms with Crippen LogP contribution in [0.2, 0.25) is 0 Å². The van der Waals surface area contributed by atoms with Gasteiger partial charge in [-0.05, 0) is 65.7 Å². The fraction of sp³-hybridized carbons (Fsp3) is 0.879. The molecule has 0 saturated carbocycles. The van der Waals surface area contributed by atoms with Crippen LogP contribution in [-0.2, 0) is 33.3 Å². The van der Waals surface area contributed by atoms with E-state index in [1.54, 1.807) is 25.8 Å². The van der Waals surface area contributed by atoms with Crippen LogP contribution in [0.25, 0.3) is 0 Å². The number of likely N-dealkylation sites (tertiary alicyclic amines) is 1. The molecule has 2 N–H and O–H groups in total. The number of hydrogen-bond acceptors (Lipinski definition) is 10.